The van der Waals surface area contributed by atoms with Crippen molar-refractivity contribution in [3.8, 4) is 0 Å². The highest BCUT2D eigenvalue weighted by atomic mass is 127. The first-order valence-corrected chi connectivity index (χ1v) is 9.69. The van der Waals surface area contributed by atoms with Gasteiger partial charge in [0, 0.05) is 20.7 Å². The molecule has 0 bridgehead atoms. The van der Waals surface area contributed by atoms with Gasteiger partial charge in [-0.1, -0.05) is 51.1 Å². The highest BCUT2D eigenvalue weighted by Gasteiger charge is 2.24. The summed E-state index contributed by atoms with van der Waals surface area (Å²) in [7, 11) is 3.70. The highest BCUT2D eigenvalue weighted by Crippen LogP contribution is 2.21. The van der Waals surface area contributed by atoms with E-state index in [0.717, 1.165) is 17.6 Å². The molecule has 1 heterocycles. The number of ether oxygens (including phenoxy) is 1. The maximum absolute atomic E-state index is 5.67. The number of guanidine groups is 1. The predicted octanol–water partition coefficient (Wildman–Crippen LogP) is 3.60. The number of rotatable bonds is 7. The monoisotopic (exact) mass is 514 g/mol. The number of aliphatic imine (C=N–C) groups is 1. The Balaban J connectivity index is 0.00000420. The zero-order valence-electron chi connectivity index (χ0n) is 18.6. The van der Waals surface area contributed by atoms with Crippen molar-refractivity contribution in [1.29, 1.82) is 0 Å². The molecule has 2 rings (SSSR count). The summed E-state index contributed by atoms with van der Waals surface area (Å²) in [6.07, 6.45) is 0.0589. The molecule has 0 amide bonds. The van der Waals surface area contributed by atoms with Gasteiger partial charge in [0.05, 0.1) is 12.1 Å². The van der Waals surface area contributed by atoms with Gasteiger partial charge < -0.3 is 19.9 Å². The lowest BCUT2D eigenvalue weighted by molar-refractivity contribution is 0.0205. The molecule has 8 heteroatoms. The molecule has 0 saturated heterocycles. The number of nitrogens with one attached hydrogen (secondary N) is 2. The van der Waals surface area contributed by atoms with E-state index in [2.05, 4.69) is 60.7 Å². The van der Waals surface area contributed by atoms with Crippen LogP contribution in [0.25, 0.3) is 0 Å². The van der Waals surface area contributed by atoms with Gasteiger partial charge in [-0.05, 0) is 24.8 Å². The van der Waals surface area contributed by atoms with Crippen LogP contribution < -0.4 is 10.6 Å². The normalized spacial score (nSPS) is 14.1. The first kappa shape index (κ1) is 25.4. The Labute approximate surface area is 191 Å². The topological polar surface area (TPSA) is 76.4 Å². The fourth-order valence-electron chi connectivity index (χ4n) is 2.85. The van der Waals surface area contributed by atoms with E-state index in [1.54, 1.807) is 7.11 Å². The van der Waals surface area contributed by atoms with Crippen LogP contribution in [0.3, 0.4) is 0 Å². The Morgan fingerprint density at radius 2 is 1.86 bits per heavy atom. The third-order valence-corrected chi connectivity index (χ3v) is 4.92. The first-order valence-electron chi connectivity index (χ1n) is 9.69. The first-order chi connectivity index (χ1) is 13.2. The zero-order valence-corrected chi connectivity index (χ0v) is 20.9. The molecule has 0 aliphatic carbocycles. The number of benzene rings is 1. The smallest absolute Gasteiger partial charge is 0.192 e. The van der Waals surface area contributed by atoms with Crippen LogP contribution in [0.5, 0.6) is 0 Å². The number of hydrogen-bond donors (Lipinski definition) is 2. The molecule has 0 saturated carbocycles. The lowest BCUT2D eigenvalue weighted by Crippen LogP contribution is -2.46. The van der Waals surface area contributed by atoms with E-state index >= 15 is 0 Å². The Kier molecular flexibility index (Phi) is 10.0. The SMILES string of the molecule is COC(CNC(=NCc1nnc(C)n1C)NC(C)c1ccccc1)C(C)(C)C.I. The van der Waals surface area contributed by atoms with E-state index in [4.69, 9.17) is 9.73 Å². The van der Waals surface area contributed by atoms with E-state index in [9.17, 15) is 0 Å². The molecule has 1 aromatic carbocycles. The molecule has 2 unspecified atom stereocenters. The van der Waals surface area contributed by atoms with Gasteiger partial charge in [0.25, 0.3) is 0 Å². The highest BCUT2D eigenvalue weighted by molar-refractivity contribution is 14.0. The average molecular weight is 514 g/mol. The number of aromatic nitrogens is 3. The lowest BCUT2D eigenvalue weighted by atomic mass is 9.89. The predicted molar refractivity (Wildman–Crippen MR) is 129 cm³/mol. The van der Waals surface area contributed by atoms with Gasteiger partial charge in [0.2, 0.25) is 0 Å². The molecule has 0 radical (unpaired) electrons. The fourth-order valence-corrected chi connectivity index (χ4v) is 2.85. The van der Waals surface area contributed by atoms with E-state index in [-0.39, 0.29) is 41.5 Å². The molecule has 29 heavy (non-hydrogen) atoms. The van der Waals surface area contributed by atoms with Crippen molar-refractivity contribution in [2.75, 3.05) is 13.7 Å². The standard InChI is InChI=1S/C21H34N6O.HI/c1-15(17-11-9-8-10-12-17)24-20(22-13-18(28-7)21(3,4)5)23-14-19-26-25-16(2)27(19)6;/h8-12,15,18H,13-14H2,1-7H3,(H2,22,23,24);1H. The van der Waals surface area contributed by atoms with Gasteiger partial charge in [-0.2, -0.15) is 0 Å². The van der Waals surface area contributed by atoms with E-state index < -0.39 is 0 Å². The van der Waals surface area contributed by atoms with Crippen molar-refractivity contribution in [3.63, 3.8) is 0 Å². The van der Waals surface area contributed by atoms with Gasteiger partial charge in [0.15, 0.2) is 11.8 Å². The summed E-state index contributed by atoms with van der Waals surface area (Å²) >= 11 is 0. The quantitative estimate of drug-likeness (QED) is 0.336. The van der Waals surface area contributed by atoms with Gasteiger partial charge in [-0.25, -0.2) is 4.99 Å². The molecule has 7 nitrogen and oxygen atoms in total. The van der Waals surface area contributed by atoms with Crippen molar-refractivity contribution in [1.82, 2.24) is 25.4 Å². The third kappa shape index (κ3) is 7.58. The van der Waals surface area contributed by atoms with Crippen molar-refractivity contribution in [3.05, 3.63) is 47.5 Å². The van der Waals surface area contributed by atoms with Gasteiger partial charge in [-0.15, -0.1) is 34.2 Å². The molecule has 2 N–H and O–H groups in total. The van der Waals surface area contributed by atoms with Gasteiger partial charge in [0.1, 0.15) is 12.4 Å². The maximum atomic E-state index is 5.67. The minimum atomic E-state index is 0. The van der Waals surface area contributed by atoms with E-state index in [0.29, 0.717) is 13.1 Å². The second-order valence-electron chi connectivity index (χ2n) is 8.14. The molecule has 2 atom stereocenters. The lowest BCUT2D eigenvalue weighted by Gasteiger charge is -2.30. The van der Waals surface area contributed by atoms with Crippen molar-refractivity contribution in [2.24, 2.45) is 17.5 Å². The van der Waals surface area contributed by atoms with Crippen molar-refractivity contribution in [2.45, 2.75) is 53.3 Å². The number of aryl methyl sites for hydroxylation is 1. The van der Waals surface area contributed by atoms with Crippen LogP contribution in [0.4, 0.5) is 0 Å². The molecule has 0 aliphatic rings. The van der Waals surface area contributed by atoms with Crippen molar-refractivity contribution < 1.29 is 4.74 Å². The molecule has 162 valence electrons. The van der Waals surface area contributed by atoms with Gasteiger partial charge in [-0.3, -0.25) is 0 Å². The molecule has 0 spiro atoms. The zero-order chi connectivity index (χ0) is 20.7. The van der Waals surface area contributed by atoms with Crippen LogP contribution in [0.1, 0.15) is 50.9 Å². The number of nitrogens with zero attached hydrogens (tertiary/aromatic N) is 4. The van der Waals surface area contributed by atoms with Crippen LogP contribution in [0.15, 0.2) is 35.3 Å². The second kappa shape index (κ2) is 11.5. The van der Waals surface area contributed by atoms with Crippen LogP contribution >= 0.6 is 24.0 Å². The fraction of sp³-hybridized carbons (Fsp3) is 0.571. The summed E-state index contributed by atoms with van der Waals surface area (Å²) in [4.78, 5) is 4.74. The van der Waals surface area contributed by atoms with Crippen LogP contribution in [-0.2, 0) is 18.3 Å². The minimum Gasteiger partial charge on any atom is -0.379 e. The van der Waals surface area contributed by atoms with E-state index in [1.807, 2.05) is 36.7 Å². The molecular weight excluding hydrogens is 479 g/mol. The molecule has 1 aromatic heterocycles. The Morgan fingerprint density at radius 1 is 1.21 bits per heavy atom. The summed E-state index contributed by atoms with van der Waals surface area (Å²) < 4.78 is 7.62. The third-order valence-electron chi connectivity index (χ3n) is 4.92. The van der Waals surface area contributed by atoms with Crippen LogP contribution in [0, 0.1) is 12.3 Å². The summed E-state index contributed by atoms with van der Waals surface area (Å²) in [6, 6.07) is 10.4. The molecule has 0 fully saturated rings. The van der Waals surface area contributed by atoms with Crippen molar-refractivity contribution >= 4 is 29.9 Å². The summed E-state index contributed by atoms with van der Waals surface area (Å²) in [5, 5.41) is 15.2. The van der Waals surface area contributed by atoms with Crippen LogP contribution in [0.2, 0.25) is 0 Å². The minimum absolute atomic E-state index is 0. The molecule has 0 aliphatic heterocycles. The largest absolute Gasteiger partial charge is 0.379 e. The number of hydrogen-bond acceptors (Lipinski definition) is 4. The molecule has 2 aromatic rings. The molecular formula is C21H35IN6O. The number of methoxy groups -OCH3 is 1. The van der Waals surface area contributed by atoms with E-state index in [1.165, 1.54) is 5.56 Å². The summed E-state index contributed by atoms with van der Waals surface area (Å²) in [5.74, 6) is 2.42. The number of halogens is 1. The Morgan fingerprint density at radius 3 is 2.38 bits per heavy atom. The Hall–Kier alpha value is -1.68. The average Bonchev–Trinajstić information content (AvgIpc) is 2.97. The maximum Gasteiger partial charge on any atom is 0.192 e. The summed E-state index contributed by atoms with van der Waals surface area (Å²) in [5.41, 5.74) is 1.23. The van der Waals surface area contributed by atoms with Gasteiger partial charge >= 0.3 is 0 Å². The Bertz CT molecular complexity index is 769. The second-order valence-corrected chi connectivity index (χ2v) is 8.14. The summed E-state index contributed by atoms with van der Waals surface area (Å²) in [6.45, 7) is 11.7. The van der Waals surface area contributed by atoms with Crippen LogP contribution in [-0.4, -0.2) is 40.5 Å².